The Labute approximate surface area is 325 Å². The summed E-state index contributed by atoms with van der Waals surface area (Å²) in [7, 11) is 13.3. The van der Waals surface area contributed by atoms with Crippen LogP contribution in [-0.4, -0.2) is 90.8 Å². The maximum absolute atomic E-state index is 6.06. The van der Waals surface area contributed by atoms with E-state index in [1.165, 1.54) is 161 Å². The number of rotatable bonds is 31. The molecule has 2 saturated carbocycles. The number of quaternary nitrogens is 2. The Balaban J connectivity index is 2.03. The normalized spacial score (nSPS) is 24.9. The Morgan fingerprint density at radius 1 is 0.404 bits per heavy atom. The van der Waals surface area contributed by atoms with Crippen molar-refractivity contribution in [2.24, 2.45) is 35.5 Å². The first-order chi connectivity index (χ1) is 25.0. The van der Waals surface area contributed by atoms with E-state index < -0.39 is 0 Å². The summed E-state index contributed by atoms with van der Waals surface area (Å²) in [5.74, 6) is 5.18. The van der Waals surface area contributed by atoms with Crippen LogP contribution in [0.15, 0.2) is 0 Å². The molecule has 2 aliphatic rings. The molecule has 310 valence electrons. The zero-order valence-electron chi connectivity index (χ0n) is 36.6. The molecule has 0 aromatic rings. The van der Waals surface area contributed by atoms with Crippen molar-refractivity contribution in [2.75, 3.05) is 81.8 Å². The predicted octanol–water partition coefficient (Wildman–Crippen LogP) is 12.2. The van der Waals surface area contributed by atoms with Crippen molar-refractivity contribution in [3.8, 4) is 0 Å². The molecule has 0 bridgehead atoms. The molecule has 2 aliphatic carbocycles. The van der Waals surface area contributed by atoms with Crippen LogP contribution in [0.1, 0.15) is 181 Å². The van der Waals surface area contributed by atoms with Crippen molar-refractivity contribution in [1.82, 2.24) is 0 Å². The standard InChI is InChI=1S/C46H94N2O4/c1-9-11-13-21-27-41-32-33-42(28-22-17-15-16-20-26-36-49-50-37-34-47(3,4)5)46(45(41)31-25-14-12-10-2)39-43-29-23-18-19-24-30-44(43)40-52-51-38-35-48(6,7)8/h41-46H,9-40H2,1-8H3/q+2/t41?,42-,43?,44?,45?,46?/m1/s1. The van der Waals surface area contributed by atoms with Crippen molar-refractivity contribution in [3.63, 3.8) is 0 Å². The minimum absolute atomic E-state index is 0.655. The zero-order chi connectivity index (χ0) is 37.9. The Bertz CT molecular complexity index is 811. The van der Waals surface area contributed by atoms with E-state index in [1.54, 1.807) is 0 Å². The number of hydrogen-bond acceptors (Lipinski definition) is 4. The van der Waals surface area contributed by atoms with Gasteiger partial charge < -0.3 is 8.97 Å². The van der Waals surface area contributed by atoms with Gasteiger partial charge in [-0.25, -0.2) is 19.6 Å². The highest BCUT2D eigenvalue weighted by atomic mass is 17.2. The highest BCUT2D eigenvalue weighted by Gasteiger charge is 2.40. The van der Waals surface area contributed by atoms with E-state index in [4.69, 9.17) is 19.6 Å². The lowest BCUT2D eigenvalue weighted by Gasteiger charge is -2.46. The van der Waals surface area contributed by atoms with Gasteiger partial charge in [-0.1, -0.05) is 142 Å². The number of nitrogens with zero attached hydrogens (tertiary/aromatic N) is 2. The van der Waals surface area contributed by atoms with E-state index in [0.29, 0.717) is 19.1 Å². The van der Waals surface area contributed by atoms with Crippen LogP contribution in [0.4, 0.5) is 0 Å². The summed E-state index contributed by atoms with van der Waals surface area (Å²) in [5, 5.41) is 0. The molecule has 0 N–H and O–H groups in total. The van der Waals surface area contributed by atoms with Gasteiger partial charge in [0.05, 0.1) is 55.5 Å². The van der Waals surface area contributed by atoms with Gasteiger partial charge in [-0.3, -0.25) is 0 Å². The highest BCUT2D eigenvalue weighted by molar-refractivity contribution is 4.90. The minimum Gasteiger partial charge on any atom is -0.329 e. The lowest BCUT2D eigenvalue weighted by molar-refractivity contribution is -0.871. The van der Waals surface area contributed by atoms with E-state index in [9.17, 15) is 0 Å². The average Bonchev–Trinajstić information content (AvgIpc) is 3.08. The summed E-state index contributed by atoms with van der Waals surface area (Å²) in [6.07, 6.45) is 36.4. The zero-order valence-corrected chi connectivity index (χ0v) is 36.6. The van der Waals surface area contributed by atoms with Crippen LogP contribution in [0.2, 0.25) is 0 Å². The molecule has 6 atom stereocenters. The van der Waals surface area contributed by atoms with Crippen LogP contribution in [-0.2, 0) is 19.6 Å². The van der Waals surface area contributed by atoms with Crippen molar-refractivity contribution >= 4 is 0 Å². The Kier molecular flexibility index (Phi) is 26.8. The molecule has 5 unspecified atom stereocenters. The smallest absolute Gasteiger partial charge is 0.131 e. The first kappa shape index (κ1) is 47.9. The molecule has 0 heterocycles. The third kappa shape index (κ3) is 23.6. The Hall–Kier alpha value is -0.240. The van der Waals surface area contributed by atoms with Crippen LogP contribution in [0.5, 0.6) is 0 Å². The van der Waals surface area contributed by atoms with Gasteiger partial charge in [0.1, 0.15) is 26.3 Å². The fourth-order valence-electron chi connectivity index (χ4n) is 9.46. The van der Waals surface area contributed by atoms with Gasteiger partial charge in [-0.05, 0) is 74.0 Å². The van der Waals surface area contributed by atoms with E-state index in [2.05, 4.69) is 56.1 Å². The molecule has 2 fully saturated rings. The summed E-state index contributed by atoms with van der Waals surface area (Å²) in [5.41, 5.74) is 0. The van der Waals surface area contributed by atoms with Crippen molar-refractivity contribution < 1.29 is 28.5 Å². The van der Waals surface area contributed by atoms with Gasteiger partial charge in [0.15, 0.2) is 0 Å². The molecule has 0 aromatic heterocycles. The Morgan fingerprint density at radius 3 is 1.44 bits per heavy atom. The molecule has 0 radical (unpaired) electrons. The topological polar surface area (TPSA) is 36.9 Å². The van der Waals surface area contributed by atoms with Crippen molar-refractivity contribution in [3.05, 3.63) is 0 Å². The van der Waals surface area contributed by atoms with Crippen LogP contribution in [0, 0.1) is 35.5 Å². The molecule has 2 rings (SSSR count). The number of hydrogen-bond donors (Lipinski definition) is 0. The summed E-state index contributed by atoms with van der Waals surface area (Å²) in [6.45, 7) is 9.58. The SMILES string of the molecule is CCCCCCC1CC[C@@H](CCCCCCCCOOCC[N+](C)(C)C)C(CC2CCCCCCC2COOCC[N+](C)(C)C)C1CCCCCC. The van der Waals surface area contributed by atoms with Crippen LogP contribution in [0.3, 0.4) is 0 Å². The maximum Gasteiger partial charge on any atom is 0.131 e. The Morgan fingerprint density at radius 2 is 0.865 bits per heavy atom. The molecule has 0 aliphatic heterocycles. The van der Waals surface area contributed by atoms with E-state index in [0.717, 1.165) is 71.3 Å². The van der Waals surface area contributed by atoms with Crippen molar-refractivity contribution in [2.45, 2.75) is 181 Å². The fourth-order valence-corrected chi connectivity index (χ4v) is 9.46. The molecule has 0 saturated heterocycles. The molecule has 6 heteroatoms. The minimum atomic E-state index is 0.655. The third-order valence-electron chi connectivity index (χ3n) is 12.8. The first-order valence-electron chi connectivity index (χ1n) is 23.1. The summed E-state index contributed by atoms with van der Waals surface area (Å²) >= 11 is 0. The number of likely N-dealkylation sites (N-methyl/N-ethyl adjacent to an activating group) is 2. The average molecular weight is 739 g/mol. The van der Waals surface area contributed by atoms with E-state index in [-0.39, 0.29) is 0 Å². The molecular formula is C46H94N2O4+2. The molecule has 0 amide bonds. The molecule has 0 aromatic carbocycles. The van der Waals surface area contributed by atoms with Gasteiger partial charge >= 0.3 is 0 Å². The summed E-state index contributed by atoms with van der Waals surface area (Å²) in [4.78, 5) is 22.7. The maximum atomic E-state index is 6.06. The second-order valence-corrected chi connectivity index (χ2v) is 19.6. The van der Waals surface area contributed by atoms with Gasteiger partial charge in [0.25, 0.3) is 0 Å². The lowest BCUT2D eigenvalue weighted by atomic mass is 9.59. The molecular weight excluding hydrogens is 645 g/mol. The second-order valence-electron chi connectivity index (χ2n) is 19.6. The number of unbranched alkanes of at least 4 members (excludes halogenated alkanes) is 11. The van der Waals surface area contributed by atoms with Gasteiger partial charge in [0.2, 0.25) is 0 Å². The molecule has 52 heavy (non-hydrogen) atoms. The van der Waals surface area contributed by atoms with E-state index in [1.807, 2.05) is 0 Å². The highest BCUT2D eigenvalue weighted by Crippen LogP contribution is 2.50. The van der Waals surface area contributed by atoms with Crippen molar-refractivity contribution in [1.29, 1.82) is 0 Å². The van der Waals surface area contributed by atoms with Gasteiger partial charge in [-0.2, -0.15) is 0 Å². The van der Waals surface area contributed by atoms with E-state index >= 15 is 0 Å². The fraction of sp³-hybridized carbons (Fsp3) is 1.00. The monoisotopic (exact) mass is 739 g/mol. The quantitative estimate of drug-likeness (QED) is 0.0307. The molecule has 0 spiro atoms. The summed E-state index contributed by atoms with van der Waals surface area (Å²) in [6, 6.07) is 0. The van der Waals surface area contributed by atoms with Crippen LogP contribution >= 0.6 is 0 Å². The van der Waals surface area contributed by atoms with Crippen LogP contribution in [0.25, 0.3) is 0 Å². The van der Waals surface area contributed by atoms with Crippen LogP contribution < -0.4 is 0 Å². The third-order valence-corrected chi connectivity index (χ3v) is 12.8. The second kappa shape index (κ2) is 29.1. The lowest BCUT2D eigenvalue weighted by Crippen LogP contribution is -2.38. The molecule has 6 nitrogen and oxygen atoms in total. The van der Waals surface area contributed by atoms with Gasteiger partial charge in [-0.15, -0.1) is 0 Å². The largest absolute Gasteiger partial charge is 0.329 e. The van der Waals surface area contributed by atoms with Gasteiger partial charge in [0, 0.05) is 0 Å². The summed E-state index contributed by atoms with van der Waals surface area (Å²) < 4.78 is 1.83. The first-order valence-corrected chi connectivity index (χ1v) is 23.1. The predicted molar refractivity (Wildman–Crippen MR) is 222 cm³/mol.